The van der Waals surface area contributed by atoms with Crippen molar-refractivity contribution in [2.24, 2.45) is 7.05 Å². The van der Waals surface area contributed by atoms with Gasteiger partial charge in [0.1, 0.15) is 17.1 Å². The molecule has 1 saturated heterocycles. The van der Waals surface area contributed by atoms with Crippen molar-refractivity contribution in [3.05, 3.63) is 71.2 Å². The fourth-order valence-corrected chi connectivity index (χ4v) is 6.66. The molecule has 256 valence electrons. The van der Waals surface area contributed by atoms with E-state index in [0.29, 0.717) is 22.9 Å². The van der Waals surface area contributed by atoms with Gasteiger partial charge in [-0.3, -0.25) is 14.3 Å². The van der Waals surface area contributed by atoms with Gasteiger partial charge in [0, 0.05) is 38.1 Å². The molecule has 0 atom stereocenters. The van der Waals surface area contributed by atoms with Crippen LogP contribution in [0.25, 0.3) is 11.1 Å². The first-order valence-electron chi connectivity index (χ1n) is 15.9. The summed E-state index contributed by atoms with van der Waals surface area (Å²) in [5, 5.41) is 10.3. The summed E-state index contributed by atoms with van der Waals surface area (Å²) in [6.07, 6.45) is 2.30. The minimum Gasteiger partial charge on any atom is -0.495 e. The quantitative estimate of drug-likeness (QED) is 0.254. The van der Waals surface area contributed by atoms with Crippen LogP contribution in [0.4, 0.5) is 24.8 Å². The first kappa shape index (κ1) is 32.4. The minimum atomic E-state index is -4.85. The van der Waals surface area contributed by atoms with Crippen LogP contribution in [0.2, 0.25) is 0 Å². The number of alkyl halides is 3. The third-order valence-electron chi connectivity index (χ3n) is 9.58. The highest BCUT2D eigenvalue weighted by molar-refractivity contribution is 6.03. The van der Waals surface area contributed by atoms with Crippen LogP contribution in [-0.4, -0.2) is 81.7 Å². The maximum atomic E-state index is 14.2. The van der Waals surface area contributed by atoms with Crippen LogP contribution < -0.4 is 20.1 Å². The third-order valence-corrected chi connectivity index (χ3v) is 9.58. The Labute approximate surface area is 280 Å². The molecule has 0 radical (unpaired) electrons. The number of nitrogens with zero attached hydrogens (tertiary/aromatic N) is 6. The van der Waals surface area contributed by atoms with Crippen molar-refractivity contribution < 1.29 is 32.2 Å². The van der Waals surface area contributed by atoms with E-state index in [1.54, 1.807) is 60.3 Å². The number of nitrogens with one attached hydrogen (secondary N) is 2. The number of fused-ring (bicyclic) bond motifs is 2. The van der Waals surface area contributed by atoms with Crippen molar-refractivity contribution in [2.75, 3.05) is 39.6 Å². The molecule has 1 aliphatic carbocycles. The molecule has 2 N–H and O–H groups in total. The lowest BCUT2D eigenvalue weighted by atomic mass is 9.98. The Hall–Kier alpha value is -5.18. The Balaban J connectivity index is 1.24. The standard InChI is InChI=1S/C34H35F3N8O4/c1-43-12-8-20(9-13-43)40-29(46)22-15-27(48-4)25(14-21(22)19-16-39-44(2)18-19)41-32-38-17-24(34(35,36)37)30(42-32)49-26-7-5-6-23-28(26)31(47)45(3)33(23)10-11-33/h5-7,14-18,20H,8-13H2,1-4H3,(H,40,46)(H,38,41,42). The van der Waals surface area contributed by atoms with Crippen LogP contribution in [0.15, 0.2) is 48.9 Å². The SMILES string of the molecule is COc1cc(C(=O)NC2CCN(C)CC2)c(-c2cnn(C)c2)cc1Nc1ncc(C(F)(F)F)c(Oc2cccc3c2C(=O)N(C)C32CC2)n1. The summed E-state index contributed by atoms with van der Waals surface area (Å²) >= 11 is 0. The number of ether oxygens (including phenoxy) is 2. The molecule has 7 rings (SSSR count). The number of anilines is 2. The predicted octanol–water partition coefficient (Wildman–Crippen LogP) is 5.34. The fourth-order valence-electron chi connectivity index (χ4n) is 6.66. The van der Waals surface area contributed by atoms with Crippen LogP contribution in [0.1, 0.15) is 57.5 Å². The highest BCUT2D eigenvalue weighted by Crippen LogP contribution is 2.57. The minimum absolute atomic E-state index is 0.00422. The Morgan fingerprint density at radius 1 is 1.06 bits per heavy atom. The third kappa shape index (κ3) is 5.92. The van der Waals surface area contributed by atoms with E-state index in [0.717, 1.165) is 44.3 Å². The lowest BCUT2D eigenvalue weighted by Gasteiger charge is -2.29. The first-order valence-corrected chi connectivity index (χ1v) is 15.9. The molecule has 12 nitrogen and oxygen atoms in total. The number of likely N-dealkylation sites (tertiary alicyclic amines) is 1. The summed E-state index contributed by atoms with van der Waals surface area (Å²) in [4.78, 5) is 38.8. The first-order chi connectivity index (χ1) is 23.4. The number of amides is 2. The van der Waals surface area contributed by atoms with Gasteiger partial charge >= 0.3 is 6.18 Å². The summed E-state index contributed by atoms with van der Waals surface area (Å²) < 4.78 is 55.7. The monoisotopic (exact) mass is 676 g/mol. The van der Waals surface area contributed by atoms with Crippen molar-refractivity contribution in [1.29, 1.82) is 0 Å². The second-order valence-corrected chi connectivity index (χ2v) is 12.8. The van der Waals surface area contributed by atoms with Gasteiger partial charge in [-0.05, 0) is 75.1 Å². The van der Waals surface area contributed by atoms with Gasteiger partial charge in [-0.2, -0.15) is 23.3 Å². The highest BCUT2D eigenvalue weighted by Gasteiger charge is 2.57. The lowest BCUT2D eigenvalue weighted by molar-refractivity contribution is -0.139. The van der Waals surface area contributed by atoms with Crippen LogP contribution in [0.5, 0.6) is 17.4 Å². The molecular weight excluding hydrogens is 641 g/mol. The molecule has 15 heteroatoms. The van der Waals surface area contributed by atoms with E-state index in [2.05, 4.69) is 30.6 Å². The second kappa shape index (κ2) is 12.1. The van der Waals surface area contributed by atoms with Gasteiger partial charge in [0.2, 0.25) is 11.8 Å². The van der Waals surface area contributed by atoms with Gasteiger partial charge in [-0.15, -0.1) is 0 Å². The molecule has 2 amide bonds. The van der Waals surface area contributed by atoms with Crippen molar-refractivity contribution >= 4 is 23.5 Å². The van der Waals surface area contributed by atoms with E-state index in [1.807, 2.05) is 7.05 Å². The summed E-state index contributed by atoms with van der Waals surface area (Å²) in [5.41, 5.74) is 1.08. The zero-order valence-electron chi connectivity index (χ0n) is 27.4. The van der Waals surface area contributed by atoms with E-state index < -0.39 is 23.2 Å². The molecule has 4 aromatic rings. The maximum Gasteiger partial charge on any atom is 0.423 e. The highest BCUT2D eigenvalue weighted by atomic mass is 19.4. The average molecular weight is 677 g/mol. The molecule has 2 aliphatic heterocycles. The number of halogens is 3. The van der Waals surface area contributed by atoms with E-state index >= 15 is 0 Å². The van der Waals surface area contributed by atoms with Gasteiger partial charge in [0.25, 0.3) is 11.8 Å². The van der Waals surface area contributed by atoms with Crippen molar-refractivity contribution in [1.82, 2.24) is 34.9 Å². The zero-order valence-corrected chi connectivity index (χ0v) is 27.4. The lowest BCUT2D eigenvalue weighted by Crippen LogP contribution is -2.43. The number of aryl methyl sites for hydroxylation is 1. The fraction of sp³-hybridized carbons (Fsp3) is 0.382. The van der Waals surface area contributed by atoms with Gasteiger partial charge in [-0.1, -0.05) is 12.1 Å². The number of carbonyl (C=O) groups excluding carboxylic acids is 2. The Bertz CT molecular complexity index is 1950. The molecule has 4 heterocycles. The van der Waals surface area contributed by atoms with Gasteiger partial charge in [0.05, 0.1) is 35.7 Å². The number of hydrogen-bond donors (Lipinski definition) is 2. The van der Waals surface area contributed by atoms with Gasteiger partial charge in [0.15, 0.2) is 0 Å². The average Bonchev–Trinajstić information content (AvgIpc) is 3.72. The Morgan fingerprint density at radius 3 is 2.47 bits per heavy atom. The van der Waals surface area contributed by atoms with Crippen LogP contribution in [-0.2, 0) is 18.8 Å². The smallest absolute Gasteiger partial charge is 0.423 e. The van der Waals surface area contributed by atoms with Gasteiger partial charge in [-0.25, -0.2) is 4.98 Å². The molecule has 2 fully saturated rings. The normalized spacial score (nSPS) is 17.3. The molecule has 2 aromatic carbocycles. The Morgan fingerprint density at radius 2 is 1.82 bits per heavy atom. The number of benzene rings is 2. The number of methoxy groups -OCH3 is 1. The molecule has 1 spiro atoms. The van der Waals surface area contributed by atoms with Gasteiger partial charge < -0.3 is 29.9 Å². The zero-order chi connectivity index (χ0) is 34.7. The van der Waals surface area contributed by atoms with Crippen LogP contribution >= 0.6 is 0 Å². The second-order valence-electron chi connectivity index (χ2n) is 12.8. The van der Waals surface area contributed by atoms with Crippen molar-refractivity contribution in [3.8, 4) is 28.5 Å². The van der Waals surface area contributed by atoms with E-state index in [-0.39, 0.29) is 46.6 Å². The molecule has 2 aromatic heterocycles. The number of carbonyl (C=O) groups is 2. The van der Waals surface area contributed by atoms with E-state index in [4.69, 9.17) is 9.47 Å². The molecule has 0 unspecified atom stereocenters. The topological polar surface area (TPSA) is 127 Å². The summed E-state index contributed by atoms with van der Waals surface area (Å²) in [7, 11) is 6.90. The predicted molar refractivity (Wildman–Crippen MR) is 173 cm³/mol. The van der Waals surface area contributed by atoms with E-state index in [1.165, 1.54) is 13.2 Å². The number of piperidine rings is 1. The summed E-state index contributed by atoms with van der Waals surface area (Å²) in [5.74, 6) is -1.40. The molecule has 49 heavy (non-hydrogen) atoms. The largest absolute Gasteiger partial charge is 0.495 e. The molecular formula is C34H35F3N8O4. The Kier molecular flexibility index (Phi) is 7.96. The molecule has 0 bridgehead atoms. The summed E-state index contributed by atoms with van der Waals surface area (Å²) in [6, 6.07) is 8.14. The van der Waals surface area contributed by atoms with Crippen LogP contribution in [0.3, 0.4) is 0 Å². The number of aromatic nitrogens is 4. The van der Waals surface area contributed by atoms with Crippen molar-refractivity contribution in [3.63, 3.8) is 0 Å². The molecule has 3 aliphatic rings. The maximum absolute atomic E-state index is 14.2. The van der Waals surface area contributed by atoms with Crippen LogP contribution in [0, 0.1) is 0 Å². The van der Waals surface area contributed by atoms with E-state index in [9.17, 15) is 22.8 Å². The van der Waals surface area contributed by atoms with Crippen molar-refractivity contribution in [2.45, 2.75) is 43.4 Å². The molecule has 1 saturated carbocycles. The summed E-state index contributed by atoms with van der Waals surface area (Å²) in [6.45, 7) is 1.73. The number of rotatable bonds is 8. The number of hydrogen-bond acceptors (Lipinski definition) is 9.